The fourth-order valence-corrected chi connectivity index (χ4v) is 1.20. The normalized spacial score (nSPS) is 10.1. The molecule has 1 N–H and O–H groups in total. The van der Waals surface area contributed by atoms with Crippen LogP contribution in [0, 0.1) is 17.0 Å². The first-order chi connectivity index (χ1) is 7.65. The van der Waals surface area contributed by atoms with Crippen molar-refractivity contribution in [1.82, 2.24) is 10.3 Å². The molecule has 6 nitrogen and oxygen atoms in total. The van der Waals surface area contributed by atoms with E-state index in [1.807, 2.05) is 7.05 Å². The number of pyridine rings is 1. The summed E-state index contributed by atoms with van der Waals surface area (Å²) in [6, 6.07) is 3.28. The average Bonchev–Trinajstić information content (AvgIpc) is 2.26. The van der Waals surface area contributed by atoms with Crippen LogP contribution in [-0.2, 0) is 0 Å². The second-order valence-corrected chi connectivity index (χ2v) is 3.34. The van der Waals surface area contributed by atoms with Crippen molar-refractivity contribution in [3.8, 4) is 5.75 Å². The summed E-state index contributed by atoms with van der Waals surface area (Å²) in [5, 5.41) is 13.7. The Bertz CT molecular complexity index is 368. The predicted molar refractivity (Wildman–Crippen MR) is 59.7 cm³/mol. The molecule has 1 rings (SSSR count). The molecule has 88 valence electrons. The van der Waals surface area contributed by atoms with Crippen molar-refractivity contribution in [1.29, 1.82) is 0 Å². The zero-order chi connectivity index (χ0) is 12.0. The van der Waals surface area contributed by atoms with Crippen molar-refractivity contribution in [2.24, 2.45) is 0 Å². The third-order valence-electron chi connectivity index (χ3n) is 1.98. The number of aromatic nitrogens is 1. The van der Waals surface area contributed by atoms with Gasteiger partial charge in [0.15, 0.2) is 0 Å². The van der Waals surface area contributed by atoms with Crippen LogP contribution in [0.3, 0.4) is 0 Å². The molecule has 0 aliphatic carbocycles. The van der Waals surface area contributed by atoms with Gasteiger partial charge in [-0.2, -0.15) is 0 Å². The maximum absolute atomic E-state index is 10.7. The molecule has 1 aromatic heterocycles. The number of hydrogen-bond donors (Lipinski definition) is 1. The summed E-state index contributed by atoms with van der Waals surface area (Å²) >= 11 is 0. The molecule has 0 aliphatic heterocycles. The molecule has 0 amide bonds. The number of nitrogens with one attached hydrogen (secondary N) is 1. The van der Waals surface area contributed by atoms with Crippen LogP contribution in [0.1, 0.15) is 12.1 Å². The molecule has 0 aromatic carbocycles. The summed E-state index contributed by atoms with van der Waals surface area (Å²) in [5.41, 5.74) is 0.606. The van der Waals surface area contributed by atoms with E-state index >= 15 is 0 Å². The van der Waals surface area contributed by atoms with Crippen LogP contribution in [0.15, 0.2) is 12.1 Å². The van der Waals surface area contributed by atoms with Gasteiger partial charge in [0.2, 0.25) is 5.75 Å². The lowest BCUT2D eigenvalue weighted by molar-refractivity contribution is -0.390. The summed E-state index contributed by atoms with van der Waals surface area (Å²) < 4.78 is 5.31. The average molecular weight is 225 g/mol. The third-order valence-corrected chi connectivity index (χ3v) is 1.98. The van der Waals surface area contributed by atoms with Crippen molar-refractivity contribution in [2.45, 2.75) is 13.3 Å². The first-order valence-electron chi connectivity index (χ1n) is 5.04. The molecule has 0 radical (unpaired) electrons. The van der Waals surface area contributed by atoms with E-state index in [-0.39, 0.29) is 11.6 Å². The minimum Gasteiger partial charge on any atom is -0.486 e. The lowest BCUT2D eigenvalue weighted by Crippen LogP contribution is -2.12. The molecule has 0 aliphatic rings. The van der Waals surface area contributed by atoms with E-state index in [0.717, 1.165) is 13.0 Å². The summed E-state index contributed by atoms with van der Waals surface area (Å²) in [7, 11) is 1.84. The number of ether oxygens (including phenoxy) is 1. The third kappa shape index (κ3) is 3.47. The first kappa shape index (κ1) is 12.4. The van der Waals surface area contributed by atoms with E-state index in [0.29, 0.717) is 12.3 Å². The minimum absolute atomic E-state index is 0.218. The maximum atomic E-state index is 10.7. The Balaban J connectivity index is 2.67. The van der Waals surface area contributed by atoms with Crippen LogP contribution < -0.4 is 10.1 Å². The molecule has 1 aromatic rings. The van der Waals surface area contributed by atoms with Gasteiger partial charge in [0, 0.05) is 6.92 Å². The molecule has 0 fully saturated rings. The lowest BCUT2D eigenvalue weighted by atomic mass is 10.3. The van der Waals surface area contributed by atoms with Crippen LogP contribution in [0.2, 0.25) is 0 Å². The van der Waals surface area contributed by atoms with Gasteiger partial charge in [0.1, 0.15) is 5.69 Å². The van der Waals surface area contributed by atoms with E-state index in [2.05, 4.69) is 10.3 Å². The summed E-state index contributed by atoms with van der Waals surface area (Å²) in [6.07, 6.45) is 0.793. The number of aryl methyl sites for hydroxylation is 1. The van der Waals surface area contributed by atoms with E-state index in [9.17, 15) is 10.1 Å². The standard InChI is InChI=1S/C10H15N3O3/c1-8-4-5-9(10(12-8)13(14)15)16-7-3-6-11-2/h4-5,11H,3,6-7H2,1-2H3. The fourth-order valence-electron chi connectivity index (χ4n) is 1.20. The summed E-state index contributed by atoms with van der Waals surface area (Å²) in [4.78, 5) is 14.0. The van der Waals surface area contributed by atoms with E-state index in [1.54, 1.807) is 19.1 Å². The zero-order valence-corrected chi connectivity index (χ0v) is 9.40. The molecular formula is C10H15N3O3. The number of nitro groups is 1. The minimum atomic E-state index is -0.527. The van der Waals surface area contributed by atoms with Gasteiger partial charge in [-0.1, -0.05) is 0 Å². The number of nitrogens with zero attached hydrogens (tertiary/aromatic N) is 2. The van der Waals surface area contributed by atoms with Gasteiger partial charge in [0.05, 0.1) is 6.61 Å². The van der Waals surface area contributed by atoms with Gasteiger partial charge >= 0.3 is 5.82 Å². The van der Waals surface area contributed by atoms with Crippen LogP contribution in [0.4, 0.5) is 5.82 Å². The van der Waals surface area contributed by atoms with Crippen molar-refractivity contribution in [3.63, 3.8) is 0 Å². The smallest absolute Gasteiger partial charge is 0.406 e. The molecular weight excluding hydrogens is 210 g/mol. The van der Waals surface area contributed by atoms with E-state index < -0.39 is 4.92 Å². The highest BCUT2D eigenvalue weighted by Gasteiger charge is 2.17. The highest BCUT2D eigenvalue weighted by molar-refractivity contribution is 5.40. The van der Waals surface area contributed by atoms with Gasteiger partial charge in [-0.05, 0) is 42.1 Å². The largest absolute Gasteiger partial charge is 0.486 e. The van der Waals surface area contributed by atoms with Crippen LogP contribution in [-0.4, -0.2) is 30.1 Å². The second-order valence-electron chi connectivity index (χ2n) is 3.34. The first-order valence-corrected chi connectivity index (χ1v) is 5.04. The topological polar surface area (TPSA) is 77.3 Å². The molecule has 6 heteroatoms. The Kier molecular flexibility index (Phi) is 4.65. The highest BCUT2D eigenvalue weighted by atomic mass is 16.6. The fraction of sp³-hybridized carbons (Fsp3) is 0.500. The van der Waals surface area contributed by atoms with Crippen molar-refractivity contribution in [3.05, 3.63) is 27.9 Å². The Labute approximate surface area is 93.8 Å². The summed E-state index contributed by atoms with van der Waals surface area (Å²) in [5.74, 6) is 0.0103. The van der Waals surface area contributed by atoms with E-state index in [4.69, 9.17) is 4.74 Å². The van der Waals surface area contributed by atoms with Gasteiger partial charge in [-0.25, -0.2) is 0 Å². The SMILES string of the molecule is CNCCCOc1ccc(C)nc1[N+](=O)[O-]. The van der Waals surface area contributed by atoms with Crippen molar-refractivity contribution in [2.75, 3.05) is 20.2 Å². The Morgan fingerprint density at radius 3 is 2.94 bits per heavy atom. The van der Waals surface area contributed by atoms with Crippen LogP contribution >= 0.6 is 0 Å². The van der Waals surface area contributed by atoms with Crippen molar-refractivity contribution >= 4 is 5.82 Å². The lowest BCUT2D eigenvalue weighted by Gasteiger charge is -2.05. The highest BCUT2D eigenvalue weighted by Crippen LogP contribution is 2.24. The Hall–Kier alpha value is -1.69. The number of hydrogen-bond acceptors (Lipinski definition) is 5. The predicted octanol–water partition coefficient (Wildman–Crippen LogP) is 1.29. The van der Waals surface area contributed by atoms with Gasteiger partial charge in [0.25, 0.3) is 0 Å². The van der Waals surface area contributed by atoms with Crippen LogP contribution in [0.25, 0.3) is 0 Å². The molecule has 16 heavy (non-hydrogen) atoms. The molecule has 0 bridgehead atoms. The van der Waals surface area contributed by atoms with Gasteiger partial charge in [-0.3, -0.25) is 0 Å². The molecule has 0 spiro atoms. The molecule has 1 heterocycles. The monoisotopic (exact) mass is 225 g/mol. The Morgan fingerprint density at radius 1 is 1.56 bits per heavy atom. The second kappa shape index (κ2) is 6.02. The molecule has 0 saturated carbocycles. The zero-order valence-electron chi connectivity index (χ0n) is 9.40. The number of rotatable bonds is 6. The van der Waals surface area contributed by atoms with Gasteiger partial charge in [-0.15, -0.1) is 0 Å². The molecule has 0 saturated heterocycles. The quantitative estimate of drug-likeness (QED) is 0.448. The maximum Gasteiger partial charge on any atom is 0.406 e. The Morgan fingerprint density at radius 2 is 2.31 bits per heavy atom. The molecule has 0 atom stereocenters. The van der Waals surface area contributed by atoms with Crippen LogP contribution in [0.5, 0.6) is 5.75 Å². The van der Waals surface area contributed by atoms with Crippen molar-refractivity contribution < 1.29 is 9.66 Å². The summed E-state index contributed by atoms with van der Waals surface area (Å²) in [6.45, 7) is 2.96. The molecule has 0 unspecified atom stereocenters. The van der Waals surface area contributed by atoms with E-state index in [1.165, 1.54) is 0 Å². The van der Waals surface area contributed by atoms with Gasteiger partial charge < -0.3 is 20.2 Å².